The van der Waals surface area contributed by atoms with E-state index in [4.69, 9.17) is 4.74 Å². The summed E-state index contributed by atoms with van der Waals surface area (Å²) in [6.07, 6.45) is 0.115. The number of benzene rings is 2. The van der Waals surface area contributed by atoms with E-state index in [0.717, 1.165) is 44.1 Å². The van der Waals surface area contributed by atoms with Crippen LogP contribution in [0.1, 0.15) is 22.3 Å². The minimum absolute atomic E-state index is 0.223. The Hall–Kier alpha value is -2.58. The monoisotopic (exact) mass is 396 g/mol. The van der Waals surface area contributed by atoms with Gasteiger partial charge in [0.15, 0.2) is 6.23 Å². The predicted molar refractivity (Wildman–Crippen MR) is 109 cm³/mol. The second kappa shape index (κ2) is 6.47. The Morgan fingerprint density at radius 1 is 1.17 bits per heavy atom. The highest BCUT2D eigenvalue weighted by atomic mass is 16.6. The van der Waals surface area contributed by atoms with Crippen molar-refractivity contribution in [3.63, 3.8) is 0 Å². The zero-order valence-corrected chi connectivity index (χ0v) is 16.3. The molecule has 5 N–H and O–H groups in total. The van der Waals surface area contributed by atoms with Crippen LogP contribution in [-0.4, -0.2) is 61.5 Å². The number of aliphatic hydroxyl groups excluding tert-OH is 3. The Morgan fingerprint density at radius 3 is 2.69 bits per heavy atom. The number of rotatable bonds is 2. The lowest BCUT2D eigenvalue weighted by atomic mass is 9.90. The summed E-state index contributed by atoms with van der Waals surface area (Å²) in [5.41, 5.74) is 6.46. The first-order chi connectivity index (χ1) is 13.9. The highest BCUT2D eigenvalue weighted by Gasteiger charge is 2.45. The molecule has 0 radical (unpaired) electrons. The van der Waals surface area contributed by atoms with Crippen LogP contribution in [-0.2, 0) is 11.3 Å². The number of phenolic OH excluding ortho intramolecular Hbond substituents is 1. The maximum Gasteiger partial charge on any atom is 0.159 e. The highest BCUT2D eigenvalue weighted by molar-refractivity contribution is 6.11. The Morgan fingerprint density at radius 2 is 1.97 bits per heavy atom. The van der Waals surface area contributed by atoms with Gasteiger partial charge in [0.05, 0.1) is 12.1 Å². The lowest BCUT2D eigenvalue weighted by Gasteiger charge is -2.33. The molecule has 1 fully saturated rings. The molecular formula is C22H24N2O5. The summed E-state index contributed by atoms with van der Waals surface area (Å²) in [6, 6.07) is 5.32. The van der Waals surface area contributed by atoms with Gasteiger partial charge >= 0.3 is 0 Å². The molecule has 1 saturated heterocycles. The van der Waals surface area contributed by atoms with Crippen molar-refractivity contribution in [2.45, 2.75) is 44.9 Å². The first-order valence-electron chi connectivity index (χ1n) is 9.73. The van der Waals surface area contributed by atoms with Crippen molar-refractivity contribution in [3.05, 3.63) is 46.7 Å². The fourth-order valence-corrected chi connectivity index (χ4v) is 4.73. The molecule has 152 valence electrons. The number of aromatic hydroxyl groups is 1. The van der Waals surface area contributed by atoms with Crippen LogP contribution >= 0.6 is 0 Å². The lowest BCUT2D eigenvalue weighted by molar-refractivity contribution is -0.0826. The predicted octanol–water partition coefficient (Wildman–Crippen LogP) is 1.87. The first-order valence-corrected chi connectivity index (χ1v) is 9.73. The molecular weight excluding hydrogens is 372 g/mol. The molecule has 0 unspecified atom stereocenters. The number of aliphatic hydroxyl groups is 3. The van der Waals surface area contributed by atoms with Crippen LogP contribution in [0.5, 0.6) is 5.75 Å². The molecule has 3 aromatic rings. The molecule has 0 amide bonds. The van der Waals surface area contributed by atoms with Crippen molar-refractivity contribution in [2.75, 3.05) is 6.61 Å². The fraction of sp³-hybridized carbons (Fsp3) is 0.364. The van der Waals surface area contributed by atoms with Crippen molar-refractivity contribution in [1.29, 1.82) is 0 Å². The molecule has 4 atom stereocenters. The van der Waals surface area contributed by atoms with Gasteiger partial charge in [-0.15, -0.1) is 0 Å². The van der Waals surface area contributed by atoms with Gasteiger partial charge in [0.2, 0.25) is 0 Å². The highest BCUT2D eigenvalue weighted by Crippen LogP contribution is 2.39. The summed E-state index contributed by atoms with van der Waals surface area (Å²) in [7, 11) is 0. The molecule has 2 aromatic carbocycles. The third kappa shape index (κ3) is 2.59. The van der Waals surface area contributed by atoms with Gasteiger partial charge in [0, 0.05) is 29.0 Å². The number of hydrogen-bond donors (Lipinski definition) is 5. The van der Waals surface area contributed by atoms with E-state index < -0.39 is 24.5 Å². The standard InChI is InChI=1S/C22H24N2O5/c1-10-15-8-24(22-21(28)20(27)17(9-25)29-22)6-5-13(15)11(2)19-18(10)14-7-12(26)3-4-16(14)23-19/h3-7,17,20-23,25-28H,8-9H2,1-2H3/t17-,20-,21+,22+/m1/s1. The molecule has 7 nitrogen and oxygen atoms in total. The van der Waals surface area contributed by atoms with Crippen LogP contribution in [0.15, 0.2) is 24.4 Å². The SMILES string of the molecule is Cc1c2c(c(C)c3c1[nH]c1ccc(O)cc13)CN([C@H]1O[C@H](CO)[C@@H](O)[C@@H]1O)C=C2. The molecule has 2 aliphatic rings. The minimum Gasteiger partial charge on any atom is -0.508 e. The van der Waals surface area contributed by atoms with E-state index in [1.165, 1.54) is 0 Å². The maximum absolute atomic E-state index is 10.4. The minimum atomic E-state index is -1.12. The van der Waals surface area contributed by atoms with Gasteiger partial charge in [-0.3, -0.25) is 0 Å². The number of nitrogens with zero attached hydrogens (tertiary/aromatic N) is 1. The van der Waals surface area contributed by atoms with Gasteiger partial charge in [-0.1, -0.05) is 0 Å². The van der Waals surface area contributed by atoms with Crippen molar-refractivity contribution in [3.8, 4) is 5.75 Å². The number of aryl methyl sites for hydroxylation is 2. The smallest absolute Gasteiger partial charge is 0.159 e. The number of aromatic amines is 1. The summed E-state index contributed by atoms with van der Waals surface area (Å²) in [4.78, 5) is 5.33. The third-order valence-electron chi connectivity index (χ3n) is 6.33. The maximum atomic E-state index is 10.4. The van der Waals surface area contributed by atoms with Gasteiger partial charge in [0.1, 0.15) is 24.1 Å². The van der Waals surface area contributed by atoms with Crippen LogP contribution in [0, 0.1) is 13.8 Å². The number of fused-ring (bicyclic) bond motifs is 4. The van der Waals surface area contributed by atoms with E-state index >= 15 is 0 Å². The van der Waals surface area contributed by atoms with Crippen LogP contribution < -0.4 is 0 Å². The molecule has 0 saturated carbocycles. The van der Waals surface area contributed by atoms with Crippen LogP contribution in [0.2, 0.25) is 0 Å². The quantitative estimate of drug-likeness (QED) is 0.453. The average Bonchev–Trinajstić information content (AvgIpc) is 3.24. The van der Waals surface area contributed by atoms with Crippen molar-refractivity contribution in [1.82, 2.24) is 9.88 Å². The van der Waals surface area contributed by atoms with Crippen LogP contribution in [0.4, 0.5) is 0 Å². The van der Waals surface area contributed by atoms with Crippen molar-refractivity contribution in [2.24, 2.45) is 0 Å². The Kier molecular flexibility index (Phi) is 4.11. The summed E-state index contributed by atoms with van der Waals surface area (Å²) < 4.78 is 5.70. The number of hydrogen-bond acceptors (Lipinski definition) is 6. The van der Waals surface area contributed by atoms with Gasteiger partial charge in [-0.2, -0.15) is 0 Å². The van der Waals surface area contributed by atoms with Crippen LogP contribution in [0.25, 0.3) is 27.9 Å². The summed E-state index contributed by atoms with van der Waals surface area (Å²) in [6.45, 7) is 4.29. The number of phenols is 1. The molecule has 0 bridgehead atoms. The van der Waals surface area contributed by atoms with E-state index in [0.29, 0.717) is 6.54 Å². The molecule has 29 heavy (non-hydrogen) atoms. The van der Waals surface area contributed by atoms with E-state index in [2.05, 4.69) is 18.8 Å². The van der Waals surface area contributed by atoms with Gasteiger partial charge in [-0.25, -0.2) is 0 Å². The van der Waals surface area contributed by atoms with Crippen LogP contribution in [0.3, 0.4) is 0 Å². The third-order valence-corrected chi connectivity index (χ3v) is 6.33. The van der Waals surface area contributed by atoms with E-state index in [1.807, 2.05) is 23.2 Å². The van der Waals surface area contributed by atoms with Gasteiger partial charge in [-0.05, 0) is 60.4 Å². The second-order valence-corrected chi connectivity index (χ2v) is 7.96. The first kappa shape index (κ1) is 18.4. The average molecular weight is 396 g/mol. The van der Waals surface area contributed by atoms with Crippen molar-refractivity contribution >= 4 is 27.9 Å². The van der Waals surface area contributed by atoms with E-state index in [9.17, 15) is 20.4 Å². The van der Waals surface area contributed by atoms with Gasteiger partial charge < -0.3 is 35.0 Å². The van der Waals surface area contributed by atoms with E-state index in [-0.39, 0.29) is 12.4 Å². The van der Waals surface area contributed by atoms with Crippen molar-refractivity contribution < 1.29 is 25.2 Å². The van der Waals surface area contributed by atoms with Gasteiger partial charge in [0.25, 0.3) is 0 Å². The number of ether oxygens (including phenoxy) is 1. The molecule has 7 heteroatoms. The number of H-pyrrole nitrogens is 1. The molecule has 1 aromatic heterocycles. The molecule has 3 heterocycles. The molecule has 0 aliphatic carbocycles. The molecule has 5 rings (SSSR count). The molecule has 2 aliphatic heterocycles. The topological polar surface area (TPSA) is 109 Å². The number of aromatic nitrogens is 1. The Labute approximate surface area is 167 Å². The van der Waals surface area contributed by atoms with E-state index in [1.54, 1.807) is 12.1 Å². The zero-order valence-electron chi connectivity index (χ0n) is 16.3. The second-order valence-electron chi connectivity index (χ2n) is 7.96. The normalized spacial score (nSPS) is 26.6. The Bertz CT molecular complexity index is 1150. The summed E-state index contributed by atoms with van der Waals surface area (Å²) in [5.74, 6) is 0.223. The summed E-state index contributed by atoms with van der Waals surface area (Å²) in [5, 5.41) is 41.9. The fourth-order valence-electron chi connectivity index (χ4n) is 4.73. The zero-order chi connectivity index (χ0) is 20.4. The molecule has 0 spiro atoms. The Balaban J connectivity index is 1.62. The summed E-state index contributed by atoms with van der Waals surface area (Å²) >= 11 is 0. The largest absolute Gasteiger partial charge is 0.508 e. The number of nitrogens with one attached hydrogen (secondary N) is 1. The lowest BCUT2D eigenvalue weighted by Crippen LogP contribution is -2.42.